The van der Waals surface area contributed by atoms with E-state index in [-0.39, 0.29) is 5.82 Å². The molecule has 0 bridgehead atoms. The van der Waals surface area contributed by atoms with E-state index in [1.165, 1.54) is 43.3 Å². The molecule has 0 fully saturated rings. The Morgan fingerprint density at radius 2 is 1.58 bits per heavy atom. The maximum Gasteiger partial charge on any atom is 0.344 e. The monoisotopic (exact) mass is 363 g/mol. The Balaban J connectivity index is 1.67. The van der Waals surface area contributed by atoms with Crippen LogP contribution in [0.1, 0.15) is 12.5 Å². The van der Waals surface area contributed by atoms with Gasteiger partial charge in [-0.3, -0.25) is 4.79 Å². The first kappa shape index (κ1) is 19.4. The van der Waals surface area contributed by atoms with Gasteiger partial charge in [0.25, 0.3) is 5.91 Å². The molecule has 0 saturated carbocycles. The van der Waals surface area contributed by atoms with Gasteiger partial charge in [0, 0.05) is 6.54 Å². The lowest BCUT2D eigenvalue weighted by Crippen LogP contribution is -2.37. The first-order valence-electron chi connectivity index (χ1n) is 8.04. The minimum absolute atomic E-state index is 0.318. The molecule has 0 saturated heterocycles. The highest BCUT2D eigenvalue weighted by Crippen LogP contribution is 2.11. The van der Waals surface area contributed by atoms with E-state index in [2.05, 4.69) is 5.32 Å². The molecule has 1 amide bonds. The number of benzene rings is 2. The first-order valence-corrected chi connectivity index (χ1v) is 8.04. The fourth-order valence-electron chi connectivity index (χ4n) is 2.08. The second kappa shape index (κ2) is 9.50. The Kier molecular flexibility index (Phi) is 7.08. The summed E-state index contributed by atoms with van der Waals surface area (Å²) in [5.74, 6) is -1.57. The van der Waals surface area contributed by atoms with Crippen LogP contribution in [-0.4, -0.2) is 31.1 Å². The average Bonchev–Trinajstić information content (AvgIpc) is 2.62. The van der Waals surface area contributed by atoms with Gasteiger partial charge in [-0.15, -0.1) is 0 Å². The fourth-order valence-corrected chi connectivity index (χ4v) is 2.08. The number of amides is 1. The van der Waals surface area contributed by atoms with Crippen molar-refractivity contribution in [2.75, 3.05) is 13.2 Å². The second-order valence-corrected chi connectivity index (χ2v) is 5.54. The van der Waals surface area contributed by atoms with E-state index in [0.29, 0.717) is 18.7 Å². The van der Waals surface area contributed by atoms with Crippen molar-refractivity contribution in [2.45, 2.75) is 19.4 Å². The van der Waals surface area contributed by atoms with E-state index in [1.54, 1.807) is 12.1 Å². The van der Waals surface area contributed by atoms with Crippen molar-refractivity contribution in [3.8, 4) is 5.75 Å². The number of hydrogen-bond acceptors (Lipinski definition) is 4. The van der Waals surface area contributed by atoms with Crippen LogP contribution in [0, 0.1) is 11.6 Å². The lowest BCUT2D eigenvalue weighted by atomic mass is 10.1. The largest absolute Gasteiger partial charge is 0.482 e. The molecule has 0 aliphatic carbocycles. The molecule has 26 heavy (non-hydrogen) atoms. The third-order valence-corrected chi connectivity index (χ3v) is 3.47. The van der Waals surface area contributed by atoms with Crippen molar-refractivity contribution in [1.29, 1.82) is 0 Å². The number of halogens is 2. The summed E-state index contributed by atoms with van der Waals surface area (Å²) in [5, 5.41) is 2.64. The third kappa shape index (κ3) is 6.51. The van der Waals surface area contributed by atoms with Crippen LogP contribution in [0.3, 0.4) is 0 Å². The van der Waals surface area contributed by atoms with Crippen LogP contribution in [0.15, 0.2) is 48.5 Å². The van der Waals surface area contributed by atoms with Gasteiger partial charge >= 0.3 is 5.97 Å². The summed E-state index contributed by atoms with van der Waals surface area (Å²) < 4.78 is 35.7. The summed E-state index contributed by atoms with van der Waals surface area (Å²) in [5.41, 5.74) is 0.879. The molecule has 0 aromatic heterocycles. The molecule has 2 rings (SSSR count). The van der Waals surface area contributed by atoms with Gasteiger partial charge in [0.1, 0.15) is 17.4 Å². The topological polar surface area (TPSA) is 64.6 Å². The van der Waals surface area contributed by atoms with Crippen molar-refractivity contribution in [3.63, 3.8) is 0 Å². The molecule has 1 N–H and O–H groups in total. The predicted octanol–water partition coefficient (Wildman–Crippen LogP) is 2.63. The van der Waals surface area contributed by atoms with Crippen molar-refractivity contribution < 1.29 is 27.8 Å². The summed E-state index contributed by atoms with van der Waals surface area (Å²) in [6.07, 6.45) is -0.451. The highest BCUT2D eigenvalue weighted by Gasteiger charge is 2.17. The number of rotatable bonds is 8. The molecule has 0 aliphatic rings. The minimum Gasteiger partial charge on any atom is -0.482 e. The van der Waals surface area contributed by atoms with Crippen LogP contribution in [0.4, 0.5) is 8.78 Å². The molecule has 0 spiro atoms. The van der Waals surface area contributed by atoms with Gasteiger partial charge in [-0.1, -0.05) is 12.1 Å². The molecule has 0 aliphatic heterocycles. The van der Waals surface area contributed by atoms with Crippen LogP contribution < -0.4 is 10.1 Å². The standard InChI is InChI=1S/C19H19F2NO4/c1-13(19(24)22-11-10-14-2-4-15(20)5-3-14)26-18(23)12-25-17-8-6-16(21)7-9-17/h2-9,13H,10-12H2,1H3,(H,22,24)/t13-/m1/s1. The molecule has 138 valence electrons. The molecule has 2 aromatic carbocycles. The van der Waals surface area contributed by atoms with E-state index in [9.17, 15) is 18.4 Å². The SMILES string of the molecule is C[C@@H](OC(=O)COc1ccc(F)cc1)C(=O)NCCc1ccc(F)cc1. The molecular formula is C19H19F2NO4. The summed E-state index contributed by atoms with van der Waals surface area (Å²) >= 11 is 0. The van der Waals surface area contributed by atoms with E-state index < -0.39 is 30.4 Å². The fraction of sp³-hybridized carbons (Fsp3) is 0.263. The van der Waals surface area contributed by atoms with E-state index in [4.69, 9.17) is 9.47 Å². The number of carbonyl (C=O) groups is 2. The molecule has 5 nitrogen and oxygen atoms in total. The highest BCUT2D eigenvalue weighted by molar-refractivity contribution is 5.83. The van der Waals surface area contributed by atoms with E-state index in [0.717, 1.165) is 5.56 Å². The quantitative estimate of drug-likeness (QED) is 0.733. The number of hydrogen-bond donors (Lipinski definition) is 1. The normalized spacial score (nSPS) is 11.5. The minimum atomic E-state index is -0.979. The highest BCUT2D eigenvalue weighted by atomic mass is 19.1. The zero-order valence-corrected chi connectivity index (χ0v) is 14.2. The van der Waals surface area contributed by atoms with Crippen molar-refractivity contribution in [3.05, 3.63) is 65.7 Å². The van der Waals surface area contributed by atoms with Gasteiger partial charge in [-0.05, 0) is 55.3 Å². The lowest BCUT2D eigenvalue weighted by Gasteiger charge is -2.14. The molecule has 0 radical (unpaired) electrons. The van der Waals surface area contributed by atoms with Crippen LogP contribution in [0.2, 0.25) is 0 Å². The van der Waals surface area contributed by atoms with Crippen LogP contribution in [-0.2, 0) is 20.7 Å². The van der Waals surface area contributed by atoms with Crippen molar-refractivity contribution in [1.82, 2.24) is 5.32 Å². The molecular weight excluding hydrogens is 344 g/mol. The molecule has 0 unspecified atom stereocenters. The van der Waals surface area contributed by atoms with Gasteiger partial charge in [0.2, 0.25) is 0 Å². The Labute approximate surface area is 149 Å². The van der Waals surface area contributed by atoms with Crippen molar-refractivity contribution in [2.24, 2.45) is 0 Å². The summed E-state index contributed by atoms with van der Waals surface area (Å²) in [6, 6.07) is 11.2. The predicted molar refractivity (Wildman–Crippen MR) is 90.6 cm³/mol. The van der Waals surface area contributed by atoms with Gasteiger partial charge in [-0.25, -0.2) is 13.6 Å². The molecule has 7 heteroatoms. The Bertz CT molecular complexity index is 732. The smallest absolute Gasteiger partial charge is 0.344 e. The van der Waals surface area contributed by atoms with Gasteiger partial charge in [0.05, 0.1) is 0 Å². The Morgan fingerprint density at radius 3 is 2.19 bits per heavy atom. The summed E-state index contributed by atoms with van der Waals surface area (Å²) in [4.78, 5) is 23.6. The second-order valence-electron chi connectivity index (χ2n) is 5.54. The Morgan fingerprint density at radius 1 is 1.00 bits per heavy atom. The zero-order valence-electron chi connectivity index (χ0n) is 14.2. The number of carbonyl (C=O) groups excluding carboxylic acids is 2. The van der Waals surface area contributed by atoms with Gasteiger partial charge in [-0.2, -0.15) is 0 Å². The van der Waals surface area contributed by atoms with Gasteiger partial charge < -0.3 is 14.8 Å². The van der Waals surface area contributed by atoms with E-state index >= 15 is 0 Å². The van der Waals surface area contributed by atoms with E-state index in [1.807, 2.05) is 0 Å². The first-order chi connectivity index (χ1) is 12.4. The Hall–Kier alpha value is -2.96. The number of ether oxygens (including phenoxy) is 2. The lowest BCUT2D eigenvalue weighted by molar-refractivity contribution is -0.156. The third-order valence-electron chi connectivity index (χ3n) is 3.47. The maximum absolute atomic E-state index is 12.8. The molecule has 0 heterocycles. The van der Waals surface area contributed by atoms with Crippen LogP contribution >= 0.6 is 0 Å². The maximum atomic E-state index is 12.8. The average molecular weight is 363 g/mol. The van der Waals surface area contributed by atoms with Crippen LogP contribution in [0.5, 0.6) is 5.75 Å². The number of esters is 1. The zero-order chi connectivity index (χ0) is 18.9. The summed E-state index contributed by atoms with van der Waals surface area (Å²) in [6.45, 7) is 1.39. The number of nitrogens with one attached hydrogen (secondary N) is 1. The molecule has 1 atom stereocenters. The summed E-state index contributed by atoms with van der Waals surface area (Å²) in [7, 11) is 0. The van der Waals surface area contributed by atoms with Crippen LogP contribution in [0.25, 0.3) is 0 Å². The molecule has 2 aromatic rings. The van der Waals surface area contributed by atoms with Gasteiger partial charge in [0.15, 0.2) is 12.7 Å². The van der Waals surface area contributed by atoms with Crippen molar-refractivity contribution >= 4 is 11.9 Å².